The molecule has 0 aromatic carbocycles. The maximum absolute atomic E-state index is 5.66. The topological polar surface area (TPSA) is 69.9 Å². The Hall–Kier alpha value is -1.62. The average molecular weight is 246 g/mol. The van der Waals surface area contributed by atoms with E-state index in [4.69, 9.17) is 10.2 Å². The Morgan fingerprint density at radius 1 is 1.28 bits per heavy atom. The number of rotatable bonds is 3. The van der Waals surface area contributed by atoms with Crippen molar-refractivity contribution >= 4 is 0 Å². The molecule has 1 fully saturated rings. The summed E-state index contributed by atoms with van der Waals surface area (Å²) in [6.45, 7) is 0.414. The minimum absolute atomic E-state index is 0.414. The molecule has 0 spiro atoms. The minimum Gasteiger partial charge on any atom is -0.456 e. The third kappa shape index (κ3) is 2.06. The summed E-state index contributed by atoms with van der Waals surface area (Å²) < 4.78 is 7.81. The summed E-state index contributed by atoms with van der Waals surface area (Å²) in [5, 5.41) is 8.22. The molecular weight excluding hydrogens is 228 g/mol. The van der Waals surface area contributed by atoms with Gasteiger partial charge in [-0.15, -0.1) is 10.2 Å². The molecule has 0 radical (unpaired) electrons. The first kappa shape index (κ1) is 11.5. The predicted octanol–water partition coefficient (Wildman–Crippen LogP) is 2.50. The van der Waals surface area contributed by atoms with Crippen LogP contribution < -0.4 is 5.73 Å². The molecule has 1 aliphatic rings. The molecule has 0 bridgehead atoms. The lowest BCUT2D eigenvalue weighted by molar-refractivity contribution is 0.352. The summed E-state index contributed by atoms with van der Waals surface area (Å²) >= 11 is 0. The molecule has 18 heavy (non-hydrogen) atoms. The predicted molar refractivity (Wildman–Crippen MR) is 67.7 cm³/mol. The SMILES string of the molecule is NCc1ccc(-c2nncn2C2CCCCC2)o1. The zero-order chi connectivity index (χ0) is 12.4. The first-order valence-corrected chi connectivity index (χ1v) is 6.57. The van der Waals surface area contributed by atoms with Crippen LogP contribution in [0.5, 0.6) is 0 Å². The molecule has 0 atom stereocenters. The lowest BCUT2D eigenvalue weighted by Crippen LogP contribution is -2.13. The summed E-state index contributed by atoms with van der Waals surface area (Å²) in [7, 11) is 0. The second-order valence-electron chi connectivity index (χ2n) is 4.82. The maximum atomic E-state index is 5.66. The number of aromatic nitrogens is 3. The van der Waals surface area contributed by atoms with Crippen LogP contribution in [0, 0.1) is 0 Å². The minimum atomic E-state index is 0.414. The van der Waals surface area contributed by atoms with Gasteiger partial charge < -0.3 is 14.7 Å². The molecule has 2 aromatic heterocycles. The van der Waals surface area contributed by atoms with Crippen LogP contribution in [0.25, 0.3) is 11.6 Å². The van der Waals surface area contributed by atoms with Crippen molar-refractivity contribution in [3.63, 3.8) is 0 Å². The van der Waals surface area contributed by atoms with E-state index in [2.05, 4.69) is 14.8 Å². The third-order valence-electron chi connectivity index (χ3n) is 3.62. The normalized spacial score (nSPS) is 17.2. The van der Waals surface area contributed by atoms with Crippen LogP contribution in [0.15, 0.2) is 22.9 Å². The van der Waals surface area contributed by atoms with Crippen molar-refractivity contribution in [3.05, 3.63) is 24.2 Å². The van der Waals surface area contributed by atoms with E-state index >= 15 is 0 Å². The molecular formula is C13H18N4O. The van der Waals surface area contributed by atoms with Gasteiger partial charge in [-0.2, -0.15) is 0 Å². The van der Waals surface area contributed by atoms with Gasteiger partial charge in [-0.3, -0.25) is 0 Å². The van der Waals surface area contributed by atoms with Crippen molar-refractivity contribution in [2.24, 2.45) is 5.73 Å². The Bertz CT molecular complexity index is 511. The summed E-state index contributed by atoms with van der Waals surface area (Å²) in [5.74, 6) is 2.36. The first-order chi connectivity index (χ1) is 8.88. The summed E-state index contributed by atoms with van der Waals surface area (Å²) in [4.78, 5) is 0. The Morgan fingerprint density at radius 2 is 2.11 bits per heavy atom. The molecule has 3 rings (SSSR count). The fraction of sp³-hybridized carbons (Fsp3) is 0.538. The molecule has 0 amide bonds. The Labute approximate surface area is 106 Å². The zero-order valence-corrected chi connectivity index (χ0v) is 10.4. The highest BCUT2D eigenvalue weighted by Crippen LogP contribution is 2.31. The van der Waals surface area contributed by atoms with Crippen LogP contribution in [0.4, 0.5) is 0 Å². The molecule has 1 saturated carbocycles. The lowest BCUT2D eigenvalue weighted by Gasteiger charge is -2.23. The van der Waals surface area contributed by atoms with E-state index in [1.165, 1.54) is 32.1 Å². The number of hydrogen-bond acceptors (Lipinski definition) is 4. The smallest absolute Gasteiger partial charge is 0.199 e. The Kier molecular flexibility index (Phi) is 3.15. The van der Waals surface area contributed by atoms with Crippen LogP contribution in [-0.2, 0) is 6.54 Å². The number of hydrogen-bond donors (Lipinski definition) is 1. The molecule has 2 heterocycles. The summed E-state index contributed by atoms with van der Waals surface area (Å²) in [5.41, 5.74) is 5.56. The van der Waals surface area contributed by atoms with Crippen LogP contribution in [-0.4, -0.2) is 14.8 Å². The van der Waals surface area contributed by atoms with Crippen molar-refractivity contribution in [1.29, 1.82) is 0 Å². The molecule has 96 valence electrons. The van der Waals surface area contributed by atoms with Gasteiger partial charge in [0.2, 0.25) is 0 Å². The van der Waals surface area contributed by atoms with E-state index < -0.39 is 0 Å². The van der Waals surface area contributed by atoms with Crippen molar-refractivity contribution < 1.29 is 4.42 Å². The van der Waals surface area contributed by atoms with Gasteiger partial charge >= 0.3 is 0 Å². The molecule has 2 N–H and O–H groups in total. The molecule has 5 heteroatoms. The molecule has 0 aliphatic heterocycles. The van der Waals surface area contributed by atoms with Crippen molar-refractivity contribution in [3.8, 4) is 11.6 Å². The van der Waals surface area contributed by atoms with E-state index in [1.807, 2.05) is 18.5 Å². The molecule has 5 nitrogen and oxygen atoms in total. The van der Waals surface area contributed by atoms with Gasteiger partial charge in [0.15, 0.2) is 11.6 Å². The van der Waals surface area contributed by atoms with Crippen LogP contribution >= 0.6 is 0 Å². The summed E-state index contributed by atoms with van der Waals surface area (Å²) in [6.07, 6.45) is 8.13. The van der Waals surface area contributed by atoms with Gasteiger partial charge in [-0.05, 0) is 25.0 Å². The van der Waals surface area contributed by atoms with Gasteiger partial charge in [0.25, 0.3) is 0 Å². The largest absolute Gasteiger partial charge is 0.456 e. The van der Waals surface area contributed by atoms with Crippen LogP contribution in [0.1, 0.15) is 43.9 Å². The highest BCUT2D eigenvalue weighted by atomic mass is 16.3. The first-order valence-electron chi connectivity index (χ1n) is 6.57. The standard InChI is InChI=1S/C13H18N4O/c14-8-11-6-7-12(18-11)13-16-15-9-17(13)10-4-2-1-3-5-10/h6-7,9-10H,1-5,8,14H2. The quantitative estimate of drug-likeness (QED) is 0.903. The lowest BCUT2D eigenvalue weighted by atomic mass is 9.95. The Balaban J connectivity index is 1.90. The third-order valence-corrected chi connectivity index (χ3v) is 3.62. The van der Waals surface area contributed by atoms with E-state index in [0.717, 1.165) is 17.3 Å². The maximum Gasteiger partial charge on any atom is 0.199 e. The van der Waals surface area contributed by atoms with Gasteiger partial charge in [0.1, 0.15) is 12.1 Å². The number of nitrogens with zero attached hydrogens (tertiary/aromatic N) is 3. The van der Waals surface area contributed by atoms with Crippen molar-refractivity contribution in [1.82, 2.24) is 14.8 Å². The van der Waals surface area contributed by atoms with Crippen LogP contribution in [0.3, 0.4) is 0 Å². The fourth-order valence-corrected chi connectivity index (χ4v) is 2.65. The molecule has 0 saturated heterocycles. The average Bonchev–Trinajstić information content (AvgIpc) is 3.08. The van der Waals surface area contributed by atoms with E-state index in [0.29, 0.717) is 12.6 Å². The summed E-state index contributed by atoms with van der Waals surface area (Å²) in [6, 6.07) is 4.33. The molecule has 2 aromatic rings. The van der Waals surface area contributed by atoms with Gasteiger partial charge in [0, 0.05) is 6.04 Å². The van der Waals surface area contributed by atoms with Crippen molar-refractivity contribution in [2.75, 3.05) is 0 Å². The van der Waals surface area contributed by atoms with Crippen molar-refractivity contribution in [2.45, 2.75) is 44.7 Å². The van der Waals surface area contributed by atoms with E-state index in [9.17, 15) is 0 Å². The second-order valence-corrected chi connectivity index (χ2v) is 4.82. The molecule has 0 unspecified atom stereocenters. The van der Waals surface area contributed by atoms with Gasteiger partial charge in [-0.25, -0.2) is 0 Å². The number of nitrogens with two attached hydrogens (primary N) is 1. The molecule has 1 aliphatic carbocycles. The highest BCUT2D eigenvalue weighted by molar-refractivity contribution is 5.47. The second kappa shape index (κ2) is 4.94. The van der Waals surface area contributed by atoms with E-state index in [-0.39, 0.29) is 0 Å². The monoisotopic (exact) mass is 246 g/mol. The van der Waals surface area contributed by atoms with Gasteiger partial charge in [-0.1, -0.05) is 19.3 Å². The number of furan rings is 1. The van der Waals surface area contributed by atoms with Crippen LogP contribution in [0.2, 0.25) is 0 Å². The van der Waals surface area contributed by atoms with Gasteiger partial charge in [0.05, 0.1) is 6.54 Å². The Morgan fingerprint density at radius 3 is 2.83 bits per heavy atom. The van der Waals surface area contributed by atoms with E-state index in [1.54, 1.807) is 0 Å². The zero-order valence-electron chi connectivity index (χ0n) is 10.4. The highest BCUT2D eigenvalue weighted by Gasteiger charge is 2.20. The fourth-order valence-electron chi connectivity index (χ4n) is 2.65.